The van der Waals surface area contributed by atoms with Crippen molar-refractivity contribution in [1.29, 1.82) is 0 Å². The van der Waals surface area contributed by atoms with Crippen LogP contribution in [-0.2, 0) is 21.2 Å². The number of nitrogens with one attached hydrogen (secondary N) is 1. The minimum atomic E-state index is -3.00. The fraction of sp³-hybridized carbons (Fsp3) is 0.783. The van der Waals surface area contributed by atoms with E-state index in [9.17, 15) is 13.2 Å². The SMILES string of the molecule is C=CCn1c(SCC(=O)N[C@H](C)C23CC4CC(CC(C4)C2)C3)nnc1[C@H]1CCS(=O)(=O)C1. The summed E-state index contributed by atoms with van der Waals surface area (Å²) < 4.78 is 25.7. The first-order valence-corrected chi connectivity index (χ1v) is 14.7. The standard InChI is InChI=1S/C23H34N4O3S2/c1-3-5-27-21(19-4-6-32(29,30)14-19)25-26-22(27)31-13-20(28)24-15(2)23-10-16-7-17(11-23)9-18(8-16)12-23/h3,15-19H,1,4-14H2,2H3,(H,24,28)/t15-,16?,17?,18?,19+,23?/m1/s1. The van der Waals surface area contributed by atoms with Gasteiger partial charge in [-0.3, -0.25) is 4.79 Å². The summed E-state index contributed by atoms with van der Waals surface area (Å²) in [6.07, 6.45) is 10.4. The van der Waals surface area contributed by atoms with Crippen LogP contribution in [0.25, 0.3) is 0 Å². The number of nitrogens with zero attached hydrogens (tertiary/aromatic N) is 3. The summed E-state index contributed by atoms with van der Waals surface area (Å²) in [6, 6.07) is 0.203. The highest BCUT2D eigenvalue weighted by molar-refractivity contribution is 7.99. The number of thioether (sulfide) groups is 1. The third-order valence-electron chi connectivity index (χ3n) is 8.37. The van der Waals surface area contributed by atoms with E-state index >= 15 is 0 Å². The van der Waals surface area contributed by atoms with Crippen molar-refractivity contribution in [3.8, 4) is 0 Å². The molecule has 1 aromatic rings. The van der Waals surface area contributed by atoms with Crippen LogP contribution in [0.2, 0.25) is 0 Å². The monoisotopic (exact) mass is 478 g/mol. The Hall–Kier alpha value is -1.35. The van der Waals surface area contributed by atoms with Gasteiger partial charge in [0.2, 0.25) is 5.91 Å². The quantitative estimate of drug-likeness (QED) is 0.456. The first kappa shape index (κ1) is 22.4. The van der Waals surface area contributed by atoms with Gasteiger partial charge in [-0.2, -0.15) is 0 Å². The molecule has 4 saturated carbocycles. The molecule has 2 heterocycles. The summed E-state index contributed by atoms with van der Waals surface area (Å²) in [5.74, 6) is 3.80. The zero-order valence-corrected chi connectivity index (χ0v) is 20.5. The van der Waals surface area contributed by atoms with Gasteiger partial charge in [0, 0.05) is 18.5 Å². The van der Waals surface area contributed by atoms with Gasteiger partial charge in [0.25, 0.3) is 0 Å². The number of hydrogen-bond acceptors (Lipinski definition) is 6. The average molecular weight is 479 g/mol. The number of sulfone groups is 1. The molecule has 1 saturated heterocycles. The van der Waals surface area contributed by atoms with E-state index in [1.54, 1.807) is 6.08 Å². The Labute approximate surface area is 195 Å². The van der Waals surface area contributed by atoms with Crippen LogP contribution in [0.1, 0.15) is 63.6 Å². The van der Waals surface area contributed by atoms with Crippen molar-refractivity contribution in [1.82, 2.24) is 20.1 Å². The molecule has 0 unspecified atom stereocenters. The second-order valence-corrected chi connectivity index (χ2v) is 13.9. The Morgan fingerprint density at radius 3 is 2.47 bits per heavy atom. The number of allylic oxidation sites excluding steroid dienone is 1. The van der Waals surface area contributed by atoms with Crippen LogP contribution in [0.5, 0.6) is 0 Å². The van der Waals surface area contributed by atoms with Gasteiger partial charge in [0.05, 0.1) is 17.3 Å². The first-order chi connectivity index (χ1) is 15.3. The maximum atomic E-state index is 12.8. The van der Waals surface area contributed by atoms with E-state index in [0.29, 0.717) is 29.4 Å². The van der Waals surface area contributed by atoms with Crippen molar-refractivity contribution in [2.75, 3.05) is 17.3 Å². The predicted molar refractivity (Wildman–Crippen MR) is 125 cm³/mol. The molecule has 5 aliphatic rings. The summed E-state index contributed by atoms with van der Waals surface area (Å²) in [4.78, 5) is 12.8. The van der Waals surface area contributed by atoms with Crippen molar-refractivity contribution in [3.05, 3.63) is 18.5 Å². The predicted octanol–water partition coefficient (Wildman–Crippen LogP) is 3.18. The van der Waals surface area contributed by atoms with Crippen LogP contribution in [-0.4, -0.2) is 52.4 Å². The lowest BCUT2D eigenvalue weighted by molar-refractivity contribution is -0.123. The molecule has 1 amide bonds. The summed E-state index contributed by atoms with van der Waals surface area (Å²) in [5, 5.41) is 12.6. The highest BCUT2D eigenvalue weighted by Crippen LogP contribution is 2.61. The van der Waals surface area contributed by atoms with E-state index in [0.717, 1.165) is 17.8 Å². The lowest BCUT2D eigenvalue weighted by Crippen LogP contribution is -2.56. The molecule has 1 N–H and O–H groups in total. The largest absolute Gasteiger partial charge is 0.352 e. The number of rotatable bonds is 8. The van der Waals surface area contributed by atoms with E-state index in [4.69, 9.17) is 0 Å². The Bertz CT molecular complexity index is 968. The van der Waals surface area contributed by atoms with Gasteiger partial charge in [-0.15, -0.1) is 16.8 Å². The van der Waals surface area contributed by atoms with Crippen LogP contribution in [0, 0.1) is 23.2 Å². The average Bonchev–Trinajstić information content (AvgIpc) is 3.28. The van der Waals surface area contributed by atoms with Gasteiger partial charge in [-0.25, -0.2) is 8.42 Å². The summed E-state index contributed by atoms with van der Waals surface area (Å²) >= 11 is 1.37. The van der Waals surface area contributed by atoms with E-state index in [2.05, 4.69) is 29.0 Å². The smallest absolute Gasteiger partial charge is 0.230 e. The van der Waals surface area contributed by atoms with Crippen molar-refractivity contribution >= 4 is 27.5 Å². The van der Waals surface area contributed by atoms with Crippen molar-refractivity contribution in [2.45, 2.75) is 75.5 Å². The highest BCUT2D eigenvalue weighted by Gasteiger charge is 2.53. The van der Waals surface area contributed by atoms with Gasteiger partial charge in [0.1, 0.15) is 5.82 Å². The van der Waals surface area contributed by atoms with Crippen LogP contribution < -0.4 is 5.32 Å². The molecule has 32 heavy (non-hydrogen) atoms. The van der Waals surface area contributed by atoms with Crippen molar-refractivity contribution < 1.29 is 13.2 Å². The lowest BCUT2D eigenvalue weighted by atomic mass is 9.48. The number of carbonyl (C=O) groups excluding carboxylic acids is 1. The van der Waals surface area contributed by atoms with E-state index in [1.807, 2.05) is 4.57 Å². The maximum absolute atomic E-state index is 12.8. The molecule has 176 valence electrons. The third-order valence-corrected chi connectivity index (χ3v) is 11.1. The molecule has 5 fully saturated rings. The molecule has 4 bridgehead atoms. The molecule has 4 aliphatic carbocycles. The Morgan fingerprint density at radius 2 is 1.91 bits per heavy atom. The van der Waals surface area contributed by atoms with Crippen LogP contribution >= 0.6 is 11.8 Å². The molecule has 0 aromatic carbocycles. The van der Waals surface area contributed by atoms with Gasteiger partial charge < -0.3 is 9.88 Å². The zero-order valence-electron chi connectivity index (χ0n) is 18.8. The van der Waals surface area contributed by atoms with Crippen molar-refractivity contribution in [2.24, 2.45) is 23.2 Å². The van der Waals surface area contributed by atoms with Crippen molar-refractivity contribution in [3.63, 3.8) is 0 Å². The number of aromatic nitrogens is 3. The summed E-state index contributed by atoms with van der Waals surface area (Å²) in [5.41, 5.74) is 0.291. The second-order valence-electron chi connectivity index (χ2n) is 10.7. The number of hydrogen-bond donors (Lipinski definition) is 1. The van der Waals surface area contributed by atoms with Gasteiger partial charge in [0.15, 0.2) is 15.0 Å². The number of carbonyl (C=O) groups is 1. The van der Waals surface area contributed by atoms with E-state index in [1.165, 1.54) is 50.3 Å². The minimum absolute atomic E-state index is 0.0383. The van der Waals surface area contributed by atoms with Gasteiger partial charge in [-0.1, -0.05) is 17.8 Å². The highest BCUT2D eigenvalue weighted by atomic mass is 32.2. The second kappa shape index (κ2) is 8.46. The maximum Gasteiger partial charge on any atom is 0.230 e. The van der Waals surface area contributed by atoms with E-state index < -0.39 is 9.84 Å². The first-order valence-electron chi connectivity index (χ1n) is 11.9. The van der Waals surface area contributed by atoms with Gasteiger partial charge in [-0.05, 0) is 75.0 Å². The fourth-order valence-electron chi connectivity index (χ4n) is 7.28. The van der Waals surface area contributed by atoms with Crippen LogP contribution in [0.3, 0.4) is 0 Å². The normalized spacial score (nSPS) is 35.7. The molecule has 9 heteroatoms. The van der Waals surface area contributed by atoms with Gasteiger partial charge >= 0.3 is 0 Å². The minimum Gasteiger partial charge on any atom is -0.352 e. The third kappa shape index (κ3) is 4.27. The van der Waals surface area contributed by atoms with E-state index in [-0.39, 0.29) is 35.1 Å². The Balaban J connectivity index is 1.21. The topological polar surface area (TPSA) is 93.9 Å². The fourth-order valence-corrected chi connectivity index (χ4v) is 9.79. The molecule has 7 nitrogen and oxygen atoms in total. The molecule has 6 rings (SSSR count). The molecule has 0 spiro atoms. The molecule has 1 aliphatic heterocycles. The summed E-state index contributed by atoms with van der Waals surface area (Å²) in [7, 11) is -3.00. The molecule has 2 atom stereocenters. The number of amides is 1. The van der Waals surface area contributed by atoms with Crippen LogP contribution in [0.15, 0.2) is 17.8 Å². The Morgan fingerprint density at radius 1 is 1.25 bits per heavy atom. The van der Waals surface area contributed by atoms with Crippen LogP contribution in [0.4, 0.5) is 0 Å². The molecule has 0 radical (unpaired) electrons. The summed E-state index contributed by atoms with van der Waals surface area (Å²) in [6.45, 7) is 6.52. The molecular weight excluding hydrogens is 444 g/mol. The lowest BCUT2D eigenvalue weighted by Gasteiger charge is -2.59. The molecular formula is C23H34N4O3S2. The Kier molecular flexibility index (Phi) is 5.93. The molecule has 1 aromatic heterocycles. The zero-order chi connectivity index (χ0) is 22.5.